The van der Waals surface area contributed by atoms with Crippen molar-refractivity contribution in [3.05, 3.63) is 77.1 Å². The van der Waals surface area contributed by atoms with E-state index in [1.165, 1.54) is 41.3 Å². The van der Waals surface area contributed by atoms with Crippen LogP contribution in [0.5, 0.6) is 5.75 Å². The van der Waals surface area contributed by atoms with Gasteiger partial charge in [-0.15, -0.1) is 16.4 Å². The lowest BCUT2D eigenvalue weighted by Gasteiger charge is -2.10. The lowest BCUT2D eigenvalue weighted by molar-refractivity contribution is 0.0600. The number of amides is 1. The van der Waals surface area contributed by atoms with Crippen LogP contribution in [0.15, 0.2) is 60.2 Å². The average molecular weight is 450 g/mol. The van der Waals surface area contributed by atoms with E-state index in [2.05, 4.69) is 25.9 Å². The second-order valence-electron chi connectivity index (χ2n) is 6.57. The zero-order chi connectivity index (χ0) is 22.5. The molecule has 0 spiro atoms. The van der Waals surface area contributed by atoms with Crippen LogP contribution in [0.2, 0.25) is 0 Å². The molecule has 162 valence electrons. The maximum Gasteiger partial charge on any atom is 0.337 e. The molecule has 0 unspecified atom stereocenters. The summed E-state index contributed by atoms with van der Waals surface area (Å²) in [6.45, 7) is 0.440. The van der Waals surface area contributed by atoms with E-state index in [1.54, 1.807) is 36.7 Å². The lowest BCUT2D eigenvalue weighted by Crippen LogP contribution is -2.13. The molecule has 2 aromatic heterocycles. The molecular formula is C21H18N6O4S. The Kier molecular flexibility index (Phi) is 6.08. The van der Waals surface area contributed by atoms with E-state index in [-0.39, 0.29) is 11.3 Å². The number of hydrogen-bond donors (Lipinski definition) is 3. The molecule has 2 heterocycles. The van der Waals surface area contributed by atoms with Gasteiger partial charge in [0.05, 0.1) is 36.7 Å². The number of phenols is 1. The number of hydrogen-bond acceptors (Lipinski definition) is 9. The topological polar surface area (TPSA) is 131 Å². The quantitative estimate of drug-likeness (QED) is 0.366. The predicted molar refractivity (Wildman–Crippen MR) is 118 cm³/mol. The molecule has 0 radical (unpaired) electrons. The van der Waals surface area contributed by atoms with Crippen molar-refractivity contribution in [2.75, 3.05) is 17.7 Å². The monoisotopic (exact) mass is 450 g/mol. The van der Waals surface area contributed by atoms with Crippen LogP contribution in [0, 0.1) is 0 Å². The molecule has 0 aliphatic carbocycles. The first kappa shape index (κ1) is 21.0. The third-order valence-corrected chi connectivity index (χ3v) is 5.16. The van der Waals surface area contributed by atoms with Crippen molar-refractivity contribution in [1.82, 2.24) is 20.0 Å². The highest BCUT2D eigenvalue weighted by molar-refractivity contribution is 7.13. The lowest BCUT2D eigenvalue weighted by atomic mass is 10.1. The highest BCUT2D eigenvalue weighted by Gasteiger charge is 2.15. The number of benzene rings is 2. The van der Waals surface area contributed by atoms with E-state index in [0.717, 1.165) is 5.13 Å². The number of esters is 1. The van der Waals surface area contributed by atoms with Gasteiger partial charge >= 0.3 is 5.97 Å². The maximum absolute atomic E-state index is 12.8. The molecule has 0 aliphatic heterocycles. The number of methoxy groups -OCH3 is 1. The molecule has 0 atom stereocenters. The van der Waals surface area contributed by atoms with Crippen molar-refractivity contribution in [2.24, 2.45) is 0 Å². The first-order valence-electron chi connectivity index (χ1n) is 9.41. The molecule has 10 nitrogen and oxygen atoms in total. The third-order valence-electron chi connectivity index (χ3n) is 4.42. The van der Waals surface area contributed by atoms with Crippen LogP contribution in [0.4, 0.5) is 10.8 Å². The number of nitrogens with one attached hydrogen (secondary N) is 2. The third kappa shape index (κ3) is 4.73. The van der Waals surface area contributed by atoms with Crippen molar-refractivity contribution in [3.63, 3.8) is 0 Å². The zero-order valence-corrected chi connectivity index (χ0v) is 17.7. The highest BCUT2D eigenvalue weighted by Crippen LogP contribution is 2.23. The van der Waals surface area contributed by atoms with Crippen LogP contribution in [0.25, 0.3) is 5.69 Å². The summed E-state index contributed by atoms with van der Waals surface area (Å²) in [6.07, 6.45) is 3.42. The van der Waals surface area contributed by atoms with Gasteiger partial charge < -0.3 is 20.5 Å². The molecule has 0 aliphatic rings. The molecule has 3 N–H and O–H groups in total. The van der Waals surface area contributed by atoms with E-state index in [1.807, 2.05) is 5.38 Å². The minimum absolute atomic E-state index is 0.0453. The van der Waals surface area contributed by atoms with Crippen molar-refractivity contribution in [3.8, 4) is 11.4 Å². The molecule has 0 fully saturated rings. The number of aromatic hydroxyl groups is 1. The number of anilines is 2. The summed E-state index contributed by atoms with van der Waals surface area (Å²) in [5.74, 6) is -1.25. The highest BCUT2D eigenvalue weighted by atomic mass is 32.1. The molecule has 11 heteroatoms. The summed E-state index contributed by atoms with van der Waals surface area (Å²) in [5.41, 5.74) is 1.95. The number of thiazole rings is 1. The van der Waals surface area contributed by atoms with E-state index >= 15 is 0 Å². The number of rotatable bonds is 7. The van der Waals surface area contributed by atoms with Gasteiger partial charge in [0, 0.05) is 17.3 Å². The number of aromatic nitrogens is 4. The maximum atomic E-state index is 12.8. The largest absolute Gasteiger partial charge is 0.507 e. The minimum atomic E-state index is -0.544. The minimum Gasteiger partial charge on any atom is -0.507 e. The standard InChI is InChI=1S/C21H18N6O4S/c1-31-20(30)13-3-2-4-14(9-13)24-19(29)17-10-16(5-6-18(17)28)27-12-15(25-26-27)11-23-21-22-7-8-32-21/h2-10,12,28H,11H2,1H3,(H,22,23)(H,24,29). The van der Waals surface area contributed by atoms with Gasteiger partial charge in [-0.2, -0.15) is 0 Å². The first-order valence-corrected chi connectivity index (χ1v) is 10.3. The fraction of sp³-hybridized carbons (Fsp3) is 0.0952. The Morgan fingerprint density at radius 3 is 2.88 bits per heavy atom. The number of carbonyl (C=O) groups is 2. The van der Waals surface area contributed by atoms with E-state index < -0.39 is 11.9 Å². The molecule has 0 saturated heterocycles. The molecule has 0 saturated carbocycles. The smallest absolute Gasteiger partial charge is 0.337 e. The number of nitrogens with zero attached hydrogens (tertiary/aromatic N) is 4. The van der Waals surface area contributed by atoms with Crippen LogP contribution in [0.3, 0.4) is 0 Å². The SMILES string of the molecule is COC(=O)c1cccc(NC(=O)c2cc(-n3cc(CNc4nccs4)nn3)ccc2O)c1. The summed E-state index contributed by atoms with van der Waals surface area (Å²) < 4.78 is 6.20. The second-order valence-corrected chi connectivity index (χ2v) is 7.47. The van der Waals surface area contributed by atoms with Crippen molar-refractivity contribution in [2.45, 2.75) is 6.54 Å². The van der Waals surface area contributed by atoms with Gasteiger partial charge in [-0.3, -0.25) is 4.79 Å². The van der Waals surface area contributed by atoms with Crippen LogP contribution in [0.1, 0.15) is 26.4 Å². The summed E-state index contributed by atoms with van der Waals surface area (Å²) in [5, 5.41) is 26.9. The summed E-state index contributed by atoms with van der Waals surface area (Å²) in [4.78, 5) is 28.6. The van der Waals surface area contributed by atoms with Crippen LogP contribution < -0.4 is 10.6 Å². The Labute approximate surface area is 186 Å². The van der Waals surface area contributed by atoms with Gasteiger partial charge in [0.15, 0.2) is 5.13 Å². The van der Waals surface area contributed by atoms with Gasteiger partial charge in [-0.25, -0.2) is 14.5 Å². The Balaban J connectivity index is 1.50. The zero-order valence-electron chi connectivity index (χ0n) is 16.8. The summed E-state index contributed by atoms with van der Waals surface area (Å²) >= 11 is 1.48. The Bertz CT molecular complexity index is 1250. The molecule has 4 aromatic rings. The molecular weight excluding hydrogens is 432 g/mol. The molecule has 32 heavy (non-hydrogen) atoms. The number of phenolic OH excluding ortho intramolecular Hbond substituents is 1. The second kappa shape index (κ2) is 9.27. The van der Waals surface area contributed by atoms with Crippen LogP contribution >= 0.6 is 11.3 Å². The summed E-state index contributed by atoms with van der Waals surface area (Å²) in [7, 11) is 1.28. The van der Waals surface area contributed by atoms with Gasteiger partial charge in [0.2, 0.25) is 0 Å². The van der Waals surface area contributed by atoms with Crippen LogP contribution in [-0.4, -0.2) is 44.1 Å². The number of ether oxygens (including phenoxy) is 1. The van der Waals surface area contributed by atoms with Gasteiger partial charge in [-0.05, 0) is 36.4 Å². The predicted octanol–water partition coefficient (Wildman–Crippen LogP) is 3.08. The Morgan fingerprint density at radius 1 is 1.22 bits per heavy atom. The van der Waals surface area contributed by atoms with Gasteiger partial charge in [0.1, 0.15) is 11.4 Å². The van der Waals surface area contributed by atoms with Crippen molar-refractivity contribution in [1.29, 1.82) is 0 Å². The Morgan fingerprint density at radius 2 is 2.09 bits per heavy atom. The normalized spacial score (nSPS) is 10.5. The fourth-order valence-electron chi connectivity index (χ4n) is 2.87. The number of carbonyl (C=O) groups excluding carboxylic acids is 2. The summed E-state index contributed by atoms with van der Waals surface area (Å²) in [6, 6.07) is 10.8. The fourth-order valence-corrected chi connectivity index (χ4v) is 3.40. The molecule has 1 amide bonds. The van der Waals surface area contributed by atoms with E-state index in [4.69, 9.17) is 4.74 Å². The average Bonchev–Trinajstić information content (AvgIpc) is 3.50. The van der Waals surface area contributed by atoms with Crippen molar-refractivity contribution >= 4 is 34.0 Å². The molecule has 0 bridgehead atoms. The van der Waals surface area contributed by atoms with Crippen molar-refractivity contribution < 1.29 is 19.4 Å². The molecule has 2 aromatic carbocycles. The first-order chi connectivity index (χ1) is 15.5. The van der Waals surface area contributed by atoms with Crippen LogP contribution in [-0.2, 0) is 11.3 Å². The molecule has 4 rings (SSSR count). The van der Waals surface area contributed by atoms with E-state index in [0.29, 0.717) is 29.2 Å². The van der Waals surface area contributed by atoms with Gasteiger partial charge in [0.25, 0.3) is 5.91 Å². The van der Waals surface area contributed by atoms with E-state index in [9.17, 15) is 14.7 Å². The van der Waals surface area contributed by atoms with Gasteiger partial charge in [-0.1, -0.05) is 11.3 Å². The Hall–Kier alpha value is -4.25.